The first-order valence-electron chi connectivity index (χ1n) is 5.44. The van der Waals surface area contributed by atoms with Crippen molar-refractivity contribution in [3.05, 3.63) is 28.8 Å². The second-order valence-electron chi connectivity index (χ2n) is 3.59. The minimum absolute atomic E-state index is 0.209. The number of anilines is 1. The molecule has 0 aliphatic carbocycles. The molecule has 17 heavy (non-hydrogen) atoms. The predicted molar refractivity (Wildman–Crippen MR) is 66.0 cm³/mol. The number of nitrogen functional groups attached to an aromatic ring is 1. The molecule has 0 aromatic heterocycles. The number of rotatable bonds is 6. The molecule has 2 N–H and O–H groups in total. The Bertz CT molecular complexity index is 385. The fraction of sp³-hybridized carbons (Fsp3) is 0.417. The molecule has 0 unspecified atom stereocenters. The quantitative estimate of drug-likeness (QED) is 0.485. The summed E-state index contributed by atoms with van der Waals surface area (Å²) in [6.45, 7) is -0.0705. The van der Waals surface area contributed by atoms with E-state index < -0.39 is 5.97 Å². The molecule has 0 heterocycles. The van der Waals surface area contributed by atoms with Crippen LogP contribution in [-0.4, -0.2) is 19.3 Å². The van der Waals surface area contributed by atoms with Crippen LogP contribution >= 0.6 is 11.6 Å². The summed E-state index contributed by atoms with van der Waals surface area (Å²) in [5.74, 6) is -0.498. The fourth-order valence-corrected chi connectivity index (χ4v) is 1.53. The topological polar surface area (TPSA) is 52.3 Å². The summed E-state index contributed by atoms with van der Waals surface area (Å²) >= 11 is 5.88. The first-order valence-corrected chi connectivity index (χ1v) is 5.81. The Morgan fingerprint density at radius 2 is 2.12 bits per heavy atom. The Hall–Kier alpha value is -1.29. The van der Waals surface area contributed by atoms with Gasteiger partial charge in [0.15, 0.2) is 0 Å². The summed E-state index contributed by atoms with van der Waals surface area (Å²) < 4.78 is 16.8. The van der Waals surface area contributed by atoms with Gasteiger partial charge in [-0.15, -0.1) is 0 Å². The van der Waals surface area contributed by atoms with Crippen molar-refractivity contribution in [3.8, 4) is 0 Å². The van der Waals surface area contributed by atoms with Crippen LogP contribution in [0.2, 0.25) is 5.02 Å². The first-order chi connectivity index (χ1) is 8.16. The van der Waals surface area contributed by atoms with Gasteiger partial charge in [-0.2, -0.15) is 0 Å². The number of unbranched alkanes of at least 4 members (excludes halogenated alkanes) is 2. The van der Waals surface area contributed by atoms with Gasteiger partial charge < -0.3 is 10.5 Å². The number of hydrogen-bond acceptors (Lipinski definition) is 3. The number of benzene rings is 1. The molecule has 0 amide bonds. The number of carbonyl (C=O) groups excluding carboxylic acids is 1. The lowest BCUT2D eigenvalue weighted by atomic mass is 10.2. The van der Waals surface area contributed by atoms with Crippen LogP contribution in [-0.2, 0) is 4.74 Å². The molecule has 0 bridgehead atoms. The van der Waals surface area contributed by atoms with Crippen molar-refractivity contribution >= 4 is 23.3 Å². The summed E-state index contributed by atoms with van der Waals surface area (Å²) in [7, 11) is 0. The van der Waals surface area contributed by atoms with Crippen molar-refractivity contribution in [3.63, 3.8) is 0 Å². The molecule has 0 fully saturated rings. The highest BCUT2D eigenvalue weighted by Crippen LogP contribution is 2.23. The molecular formula is C12H15ClFNO2. The van der Waals surface area contributed by atoms with Crippen LogP contribution in [0.5, 0.6) is 0 Å². The zero-order chi connectivity index (χ0) is 12.7. The van der Waals surface area contributed by atoms with Crippen molar-refractivity contribution in [1.29, 1.82) is 0 Å². The van der Waals surface area contributed by atoms with Crippen LogP contribution in [0.15, 0.2) is 18.2 Å². The molecule has 0 radical (unpaired) electrons. The number of alkyl halides is 1. The molecule has 0 saturated carbocycles. The molecule has 1 aromatic carbocycles. The Balaban J connectivity index is 2.44. The van der Waals surface area contributed by atoms with E-state index in [4.69, 9.17) is 22.1 Å². The molecule has 94 valence electrons. The van der Waals surface area contributed by atoms with Crippen LogP contribution in [0.4, 0.5) is 10.1 Å². The zero-order valence-electron chi connectivity index (χ0n) is 9.42. The van der Waals surface area contributed by atoms with Gasteiger partial charge in [0.05, 0.1) is 29.6 Å². The molecule has 1 rings (SSSR count). The molecule has 0 atom stereocenters. The van der Waals surface area contributed by atoms with E-state index in [9.17, 15) is 9.18 Å². The third-order valence-corrected chi connectivity index (χ3v) is 2.68. The van der Waals surface area contributed by atoms with E-state index in [2.05, 4.69) is 0 Å². The maximum Gasteiger partial charge on any atom is 0.339 e. The average molecular weight is 260 g/mol. The van der Waals surface area contributed by atoms with Gasteiger partial charge in [0.1, 0.15) is 0 Å². The summed E-state index contributed by atoms with van der Waals surface area (Å²) in [5, 5.41) is 0.209. The zero-order valence-corrected chi connectivity index (χ0v) is 10.2. The Kier molecular flexibility index (Phi) is 5.77. The monoisotopic (exact) mass is 259 g/mol. The average Bonchev–Trinajstić information content (AvgIpc) is 2.32. The van der Waals surface area contributed by atoms with E-state index in [0.717, 1.165) is 0 Å². The summed E-state index contributed by atoms with van der Waals surface area (Å²) in [6.07, 6.45) is 1.85. The van der Waals surface area contributed by atoms with E-state index in [1.165, 1.54) is 0 Å². The van der Waals surface area contributed by atoms with Gasteiger partial charge in [-0.1, -0.05) is 17.7 Å². The first kappa shape index (κ1) is 13.8. The molecule has 1 aromatic rings. The van der Waals surface area contributed by atoms with Gasteiger partial charge in [0.25, 0.3) is 0 Å². The number of ether oxygens (including phenoxy) is 1. The second kappa shape index (κ2) is 7.12. The van der Waals surface area contributed by atoms with Crippen LogP contribution in [0.1, 0.15) is 29.6 Å². The molecule has 0 spiro atoms. The Morgan fingerprint density at radius 3 is 2.82 bits per heavy atom. The van der Waals surface area contributed by atoms with Crippen molar-refractivity contribution in [2.24, 2.45) is 0 Å². The van der Waals surface area contributed by atoms with Gasteiger partial charge >= 0.3 is 5.97 Å². The standard InChI is InChI=1S/C12H15ClFNO2/c13-11-9(5-4-6-10(11)15)12(16)17-8-3-1-2-7-14/h4-6H,1-3,7-8,15H2. The van der Waals surface area contributed by atoms with E-state index in [-0.39, 0.29) is 23.9 Å². The number of nitrogens with two attached hydrogens (primary N) is 1. The van der Waals surface area contributed by atoms with E-state index >= 15 is 0 Å². The number of carbonyl (C=O) groups is 1. The maximum atomic E-state index is 11.8. The lowest BCUT2D eigenvalue weighted by Gasteiger charge is -2.07. The van der Waals surface area contributed by atoms with Crippen LogP contribution in [0, 0.1) is 0 Å². The highest BCUT2D eigenvalue weighted by Gasteiger charge is 2.12. The lowest BCUT2D eigenvalue weighted by molar-refractivity contribution is 0.0498. The van der Waals surface area contributed by atoms with Gasteiger partial charge in [0, 0.05) is 0 Å². The van der Waals surface area contributed by atoms with Gasteiger partial charge in [-0.05, 0) is 31.4 Å². The summed E-state index contributed by atoms with van der Waals surface area (Å²) in [5.41, 5.74) is 6.18. The largest absolute Gasteiger partial charge is 0.462 e. The van der Waals surface area contributed by atoms with Crippen molar-refractivity contribution in [2.75, 3.05) is 19.0 Å². The smallest absolute Gasteiger partial charge is 0.339 e. The van der Waals surface area contributed by atoms with Crippen LogP contribution in [0.3, 0.4) is 0 Å². The van der Waals surface area contributed by atoms with Gasteiger partial charge in [-0.25, -0.2) is 4.79 Å². The number of halogens is 2. The molecule has 3 nitrogen and oxygen atoms in total. The Morgan fingerprint density at radius 1 is 1.35 bits per heavy atom. The SMILES string of the molecule is Nc1cccc(C(=O)OCCCCCF)c1Cl. The third kappa shape index (κ3) is 4.23. The summed E-state index contributed by atoms with van der Waals surface area (Å²) in [4.78, 5) is 11.6. The Labute approximate surface area is 105 Å². The minimum Gasteiger partial charge on any atom is -0.462 e. The van der Waals surface area contributed by atoms with E-state index in [1.54, 1.807) is 18.2 Å². The van der Waals surface area contributed by atoms with Crippen molar-refractivity contribution in [2.45, 2.75) is 19.3 Å². The fourth-order valence-electron chi connectivity index (χ4n) is 1.32. The van der Waals surface area contributed by atoms with Gasteiger partial charge in [-0.3, -0.25) is 4.39 Å². The van der Waals surface area contributed by atoms with E-state index in [1.807, 2.05) is 0 Å². The predicted octanol–water partition coefficient (Wildman–Crippen LogP) is 3.22. The number of esters is 1. The molecule has 5 heteroatoms. The van der Waals surface area contributed by atoms with Crippen molar-refractivity contribution < 1.29 is 13.9 Å². The lowest BCUT2D eigenvalue weighted by Crippen LogP contribution is -2.08. The highest BCUT2D eigenvalue weighted by molar-refractivity contribution is 6.36. The second-order valence-corrected chi connectivity index (χ2v) is 3.97. The highest BCUT2D eigenvalue weighted by atomic mass is 35.5. The maximum absolute atomic E-state index is 11.8. The molecular weight excluding hydrogens is 245 g/mol. The number of hydrogen-bond donors (Lipinski definition) is 1. The molecule has 0 saturated heterocycles. The molecule has 0 aliphatic rings. The normalized spacial score (nSPS) is 10.2. The van der Waals surface area contributed by atoms with Crippen LogP contribution < -0.4 is 5.73 Å². The van der Waals surface area contributed by atoms with Crippen LogP contribution in [0.25, 0.3) is 0 Å². The van der Waals surface area contributed by atoms with E-state index in [0.29, 0.717) is 24.9 Å². The van der Waals surface area contributed by atoms with Crippen molar-refractivity contribution in [1.82, 2.24) is 0 Å². The van der Waals surface area contributed by atoms with Gasteiger partial charge in [0.2, 0.25) is 0 Å². The third-order valence-electron chi connectivity index (χ3n) is 2.26. The molecule has 0 aliphatic heterocycles. The summed E-state index contributed by atoms with van der Waals surface area (Å²) in [6, 6.07) is 4.81. The minimum atomic E-state index is -0.498.